The van der Waals surface area contributed by atoms with Gasteiger partial charge in [0.15, 0.2) is 6.61 Å². The first kappa shape index (κ1) is 20.7. The summed E-state index contributed by atoms with van der Waals surface area (Å²) in [7, 11) is 1.60. The van der Waals surface area contributed by atoms with E-state index in [0.29, 0.717) is 17.1 Å². The van der Waals surface area contributed by atoms with Crippen molar-refractivity contribution < 1.29 is 19.1 Å². The second-order valence-corrected chi connectivity index (χ2v) is 8.61. The molecule has 0 radical (unpaired) electrons. The van der Waals surface area contributed by atoms with Gasteiger partial charge in [-0.15, -0.1) is 0 Å². The molecule has 7 heteroatoms. The highest BCUT2D eigenvalue weighted by Gasteiger charge is 2.37. The number of ether oxygens (including phenoxy) is 2. The molecule has 4 rings (SSSR count). The summed E-state index contributed by atoms with van der Waals surface area (Å²) in [5.74, 6) is 0.829. The van der Waals surface area contributed by atoms with Crippen LogP contribution in [-0.2, 0) is 16.1 Å². The van der Waals surface area contributed by atoms with Crippen LogP contribution >= 0.6 is 15.9 Å². The zero-order chi connectivity index (χ0) is 21.1. The van der Waals surface area contributed by atoms with E-state index in [9.17, 15) is 9.59 Å². The summed E-state index contributed by atoms with van der Waals surface area (Å²) < 4.78 is 12.1. The first-order valence-corrected chi connectivity index (χ1v) is 11.0. The Hall–Kier alpha value is -2.54. The van der Waals surface area contributed by atoms with Crippen LogP contribution in [0.5, 0.6) is 11.5 Å². The van der Waals surface area contributed by atoms with Crippen LogP contribution in [0.1, 0.15) is 42.9 Å². The van der Waals surface area contributed by atoms with Gasteiger partial charge in [-0.05, 0) is 37.1 Å². The molecule has 1 heterocycles. The Kier molecular flexibility index (Phi) is 6.27. The van der Waals surface area contributed by atoms with E-state index in [2.05, 4.69) is 21.2 Å². The molecule has 158 valence electrons. The average molecular weight is 473 g/mol. The number of methoxy groups -OCH3 is 1. The molecule has 1 aliphatic carbocycles. The number of nitrogens with one attached hydrogen (secondary N) is 1. The number of hydrogen-bond acceptors (Lipinski definition) is 4. The zero-order valence-electron chi connectivity index (χ0n) is 16.9. The molecule has 1 unspecified atom stereocenters. The van der Waals surface area contributed by atoms with Crippen molar-refractivity contribution >= 4 is 27.7 Å². The summed E-state index contributed by atoms with van der Waals surface area (Å²) in [5, 5.41) is 3.17. The van der Waals surface area contributed by atoms with Gasteiger partial charge in [0.05, 0.1) is 13.7 Å². The molecule has 0 aromatic heterocycles. The van der Waals surface area contributed by atoms with Crippen molar-refractivity contribution in [2.75, 3.05) is 13.7 Å². The highest BCUT2D eigenvalue weighted by atomic mass is 79.9. The number of rotatable bonds is 5. The molecule has 2 aromatic carbocycles. The Balaban J connectivity index is 1.73. The molecule has 1 atom stereocenters. The third kappa shape index (κ3) is 4.31. The molecule has 6 nitrogen and oxygen atoms in total. The molecule has 30 heavy (non-hydrogen) atoms. The van der Waals surface area contributed by atoms with Crippen molar-refractivity contribution in [3.63, 3.8) is 0 Å². The first-order chi connectivity index (χ1) is 14.6. The lowest BCUT2D eigenvalue weighted by Crippen LogP contribution is -2.46. The van der Waals surface area contributed by atoms with Crippen molar-refractivity contribution in [3.8, 4) is 11.5 Å². The van der Waals surface area contributed by atoms with Crippen molar-refractivity contribution in [3.05, 3.63) is 58.1 Å². The van der Waals surface area contributed by atoms with Gasteiger partial charge in [0, 0.05) is 21.6 Å². The van der Waals surface area contributed by atoms with Crippen molar-refractivity contribution in [1.82, 2.24) is 10.2 Å². The van der Waals surface area contributed by atoms with Gasteiger partial charge in [0.2, 0.25) is 5.91 Å². The number of para-hydroxylation sites is 1. The van der Waals surface area contributed by atoms with E-state index in [0.717, 1.165) is 35.7 Å². The molecule has 0 saturated heterocycles. The van der Waals surface area contributed by atoms with Gasteiger partial charge in [0.25, 0.3) is 5.91 Å². The quantitative estimate of drug-likeness (QED) is 0.714. The summed E-state index contributed by atoms with van der Waals surface area (Å²) in [6.45, 7) is 0.137. The maximum Gasteiger partial charge on any atom is 0.261 e. The molecule has 1 N–H and O–H groups in total. The number of amides is 2. The lowest BCUT2D eigenvalue weighted by molar-refractivity contribution is -0.142. The Morgan fingerprint density at radius 1 is 1.23 bits per heavy atom. The van der Waals surface area contributed by atoms with Gasteiger partial charge in [-0.25, -0.2) is 0 Å². The largest absolute Gasteiger partial charge is 0.496 e. The average Bonchev–Trinajstić information content (AvgIpc) is 3.21. The predicted octanol–water partition coefficient (Wildman–Crippen LogP) is 3.98. The number of nitrogens with zero attached hydrogens (tertiary/aromatic N) is 1. The van der Waals surface area contributed by atoms with Crippen LogP contribution in [0.2, 0.25) is 0 Å². The topological polar surface area (TPSA) is 67.9 Å². The molecule has 0 spiro atoms. The minimum absolute atomic E-state index is 0.114. The second kappa shape index (κ2) is 9.08. The van der Waals surface area contributed by atoms with E-state index in [1.807, 2.05) is 36.4 Å². The summed E-state index contributed by atoms with van der Waals surface area (Å²) in [6.07, 6.45) is 4.18. The minimum Gasteiger partial charge on any atom is -0.496 e. The maximum atomic E-state index is 13.5. The number of halogens is 1. The lowest BCUT2D eigenvalue weighted by Gasteiger charge is -2.31. The highest BCUT2D eigenvalue weighted by molar-refractivity contribution is 9.10. The van der Waals surface area contributed by atoms with E-state index in [-0.39, 0.29) is 31.0 Å². The van der Waals surface area contributed by atoms with E-state index in [4.69, 9.17) is 9.47 Å². The van der Waals surface area contributed by atoms with Gasteiger partial charge in [-0.1, -0.05) is 47.0 Å². The SMILES string of the molecule is COc1ccccc1CN1C(=O)COc2ccc(Br)cc2C1C(=O)NC1CCCC1. The van der Waals surface area contributed by atoms with Crippen LogP contribution in [0.4, 0.5) is 0 Å². The highest BCUT2D eigenvalue weighted by Crippen LogP contribution is 2.37. The van der Waals surface area contributed by atoms with E-state index in [1.165, 1.54) is 0 Å². The van der Waals surface area contributed by atoms with Gasteiger partial charge in [0.1, 0.15) is 17.5 Å². The van der Waals surface area contributed by atoms with Crippen LogP contribution in [0.15, 0.2) is 46.9 Å². The predicted molar refractivity (Wildman–Crippen MR) is 116 cm³/mol. The monoisotopic (exact) mass is 472 g/mol. The Labute approximate surface area is 184 Å². The molecule has 1 fully saturated rings. The smallest absolute Gasteiger partial charge is 0.261 e. The molecule has 0 bridgehead atoms. The summed E-state index contributed by atoms with van der Waals surface area (Å²) >= 11 is 3.49. The number of hydrogen-bond donors (Lipinski definition) is 1. The normalized spacial score (nSPS) is 19.1. The van der Waals surface area contributed by atoms with E-state index in [1.54, 1.807) is 18.1 Å². The van der Waals surface area contributed by atoms with Gasteiger partial charge < -0.3 is 19.7 Å². The Bertz CT molecular complexity index is 943. The minimum atomic E-state index is -0.780. The molecular weight excluding hydrogens is 448 g/mol. The molecule has 1 aliphatic heterocycles. The summed E-state index contributed by atoms with van der Waals surface area (Å²) in [5.41, 5.74) is 1.52. The van der Waals surface area contributed by atoms with Crippen molar-refractivity contribution in [2.45, 2.75) is 44.3 Å². The van der Waals surface area contributed by atoms with Crippen LogP contribution < -0.4 is 14.8 Å². The van der Waals surface area contributed by atoms with E-state index >= 15 is 0 Å². The van der Waals surface area contributed by atoms with Crippen LogP contribution in [0.25, 0.3) is 0 Å². The third-order valence-electron chi connectivity index (χ3n) is 5.73. The zero-order valence-corrected chi connectivity index (χ0v) is 18.5. The standard InChI is InChI=1S/C23H25BrN2O4/c1-29-19-9-5-2-6-15(19)13-26-21(27)14-30-20-11-10-16(24)12-18(20)22(26)23(28)25-17-7-3-4-8-17/h2,5-6,9-12,17,22H,3-4,7-8,13-14H2,1H3,(H,25,28). The second-order valence-electron chi connectivity index (χ2n) is 7.70. The first-order valence-electron chi connectivity index (χ1n) is 10.2. The van der Waals surface area contributed by atoms with Crippen molar-refractivity contribution in [1.29, 1.82) is 0 Å². The molecule has 2 aliphatic rings. The molecule has 2 amide bonds. The van der Waals surface area contributed by atoms with Crippen LogP contribution in [0.3, 0.4) is 0 Å². The molecular formula is C23H25BrN2O4. The Morgan fingerprint density at radius 2 is 2.00 bits per heavy atom. The Morgan fingerprint density at radius 3 is 2.77 bits per heavy atom. The summed E-state index contributed by atoms with van der Waals surface area (Å²) in [6, 6.07) is 12.4. The van der Waals surface area contributed by atoms with Gasteiger partial charge in [-0.3, -0.25) is 9.59 Å². The maximum absolute atomic E-state index is 13.5. The van der Waals surface area contributed by atoms with Crippen LogP contribution in [-0.4, -0.2) is 36.5 Å². The fraction of sp³-hybridized carbons (Fsp3) is 0.391. The third-order valence-corrected chi connectivity index (χ3v) is 6.23. The number of fused-ring (bicyclic) bond motifs is 1. The lowest BCUT2D eigenvalue weighted by atomic mass is 10.0. The van der Waals surface area contributed by atoms with Gasteiger partial charge in [-0.2, -0.15) is 0 Å². The van der Waals surface area contributed by atoms with Gasteiger partial charge >= 0.3 is 0 Å². The molecule has 1 saturated carbocycles. The summed E-state index contributed by atoms with van der Waals surface area (Å²) in [4.78, 5) is 28.2. The van der Waals surface area contributed by atoms with Crippen molar-refractivity contribution in [2.24, 2.45) is 0 Å². The molecule has 2 aromatic rings. The number of benzene rings is 2. The number of carbonyl (C=O) groups is 2. The van der Waals surface area contributed by atoms with E-state index < -0.39 is 6.04 Å². The van der Waals surface area contributed by atoms with Crippen LogP contribution in [0, 0.1) is 0 Å². The fourth-order valence-corrected chi connectivity index (χ4v) is 4.61. The number of carbonyl (C=O) groups excluding carboxylic acids is 2. The fourth-order valence-electron chi connectivity index (χ4n) is 4.23.